The van der Waals surface area contributed by atoms with Crippen molar-refractivity contribution in [2.45, 2.75) is 45.4 Å². The van der Waals surface area contributed by atoms with Gasteiger partial charge in [-0.25, -0.2) is 0 Å². The predicted octanol–water partition coefficient (Wildman–Crippen LogP) is 3.61. The van der Waals surface area contributed by atoms with E-state index >= 15 is 0 Å². The zero-order chi connectivity index (χ0) is 9.97. The highest BCUT2D eigenvalue weighted by Crippen LogP contribution is 2.30. The van der Waals surface area contributed by atoms with Crippen LogP contribution in [0.5, 0.6) is 0 Å². The van der Waals surface area contributed by atoms with Crippen LogP contribution in [-0.4, -0.2) is 5.78 Å². The molecule has 76 valence electrons. The van der Waals surface area contributed by atoms with Crippen molar-refractivity contribution in [2.24, 2.45) is 0 Å². The Balaban J connectivity index is 2.19. The first-order valence-corrected chi connectivity index (χ1v) is 6.27. The second-order valence-electron chi connectivity index (χ2n) is 3.94. The van der Waals surface area contributed by atoms with Crippen molar-refractivity contribution in [3.63, 3.8) is 0 Å². The van der Waals surface area contributed by atoms with Gasteiger partial charge >= 0.3 is 0 Å². The van der Waals surface area contributed by atoms with Crippen LogP contribution in [-0.2, 0) is 12.8 Å². The number of fused-ring (bicyclic) bond motifs is 1. The van der Waals surface area contributed by atoms with Gasteiger partial charge in [-0.2, -0.15) is 0 Å². The molecule has 14 heavy (non-hydrogen) atoms. The molecule has 2 rings (SSSR count). The topological polar surface area (TPSA) is 17.1 Å². The van der Waals surface area contributed by atoms with Gasteiger partial charge < -0.3 is 0 Å². The van der Waals surface area contributed by atoms with Crippen molar-refractivity contribution >= 4 is 17.1 Å². The summed E-state index contributed by atoms with van der Waals surface area (Å²) < 4.78 is 0. The maximum absolute atomic E-state index is 11.7. The highest BCUT2D eigenvalue weighted by Gasteiger charge is 2.16. The molecule has 0 bridgehead atoms. The summed E-state index contributed by atoms with van der Waals surface area (Å²) in [5.41, 5.74) is 1.45. The fourth-order valence-electron chi connectivity index (χ4n) is 1.98. The molecule has 0 saturated carbocycles. The molecule has 0 fully saturated rings. The highest BCUT2D eigenvalue weighted by molar-refractivity contribution is 7.14. The molecule has 0 saturated heterocycles. The number of hydrogen-bond acceptors (Lipinski definition) is 2. The van der Waals surface area contributed by atoms with E-state index in [0.29, 0.717) is 12.2 Å². The normalized spacial score (nSPS) is 15.2. The summed E-state index contributed by atoms with van der Waals surface area (Å²) in [7, 11) is 0. The Hall–Kier alpha value is -0.630. The molecule has 0 atom stereocenters. The van der Waals surface area contributed by atoms with Gasteiger partial charge in [-0.1, -0.05) is 6.92 Å². The molecule has 0 aliphatic heterocycles. The van der Waals surface area contributed by atoms with Gasteiger partial charge in [-0.05, 0) is 43.7 Å². The Kier molecular flexibility index (Phi) is 3.02. The van der Waals surface area contributed by atoms with Gasteiger partial charge in [-0.15, -0.1) is 11.3 Å². The maximum Gasteiger partial charge on any atom is 0.172 e. The molecule has 0 unspecified atom stereocenters. The summed E-state index contributed by atoms with van der Waals surface area (Å²) in [4.78, 5) is 14.1. The average Bonchev–Trinajstić information content (AvgIpc) is 2.61. The van der Waals surface area contributed by atoms with Gasteiger partial charge in [0, 0.05) is 11.3 Å². The molecule has 2 heteroatoms. The zero-order valence-corrected chi connectivity index (χ0v) is 9.45. The summed E-state index contributed by atoms with van der Waals surface area (Å²) in [5.74, 6) is 0.340. The molecule has 1 heterocycles. The molecule has 0 radical (unpaired) electrons. The van der Waals surface area contributed by atoms with Crippen LogP contribution in [0.3, 0.4) is 0 Å². The van der Waals surface area contributed by atoms with Crippen molar-refractivity contribution in [2.75, 3.05) is 0 Å². The van der Waals surface area contributed by atoms with Crippen LogP contribution in [0.4, 0.5) is 0 Å². The first kappa shape index (κ1) is 9.91. The number of Topliss-reactive ketones (excluding diaryl/α,β-unsaturated/α-hetero) is 1. The minimum Gasteiger partial charge on any atom is -0.293 e. The Morgan fingerprint density at radius 2 is 2.21 bits per heavy atom. The Morgan fingerprint density at radius 3 is 2.93 bits per heavy atom. The quantitative estimate of drug-likeness (QED) is 0.693. The number of carbonyl (C=O) groups excluding carboxylic acids is 1. The fourth-order valence-corrected chi connectivity index (χ4v) is 3.20. The maximum atomic E-state index is 11.7. The van der Waals surface area contributed by atoms with Crippen molar-refractivity contribution < 1.29 is 4.79 Å². The average molecular weight is 208 g/mol. The molecule has 0 spiro atoms. The molecular weight excluding hydrogens is 192 g/mol. The van der Waals surface area contributed by atoms with Gasteiger partial charge in [0.1, 0.15) is 0 Å². The van der Waals surface area contributed by atoms with Gasteiger partial charge in [0.2, 0.25) is 0 Å². The number of carbonyl (C=O) groups is 1. The van der Waals surface area contributed by atoms with E-state index in [-0.39, 0.29) is 0 Å². The van der Waals surface area contributed by atoms with E-state index in [2.05, 4.69) is 13.0 Å². The Bertz CT molecular complexity index is 315. The lowest BCUT2D eigenvalue weighted by Gasteiger charge is -2.08. The van der Waals surface area contributed by atoms with Crippen LogP contribution >= 0.6 is 11.3 Å². The van der Waals surface area contributed by atoms with Crippen LogP contribution in [0.15, 0.2) is 6.07 Å². The molecule has 1 aliphatic carbocycles. The monoisotopic (exact) mass is 208 g/mol. The lowest BCUT2D eigenvalue weighted by Crippen LogP contribution is -1.96. The predicted molar refractivity (Wildman–Crippen MR) is 60.2 cm³/mol. The van der Waals surface area contributed by atoms with Crippen molar-refractivity contribution in [3.8, 4) is 0 Å². The third-order valence-electron chi connectivity index (χ3n) is 2.75. The van der Waals surface area contributed by atoms with Crippen LogP contribution in [0.1, 0.15) is 52.7 Å². The molecule has 1 aromatic heterocycles. The largest absolute Gasteiger partial charge is 0.293 e. The molecular formula is C12H16OS. The highest BCUT2D eigenvalue weighted by atomic mass is 32.1. The van der Waals surface area contributed by atoms with E-state index in [0.717, 1.165) is 11.3 Å². The lowest BCUT2D eigenvalue weighted by molar-refractivity contribution is 0.0985. The van der Waals surface area contributed by atoms with Gasteiger partial charge in [-0.3, -0.25) is 4.79 Å². The molecule has 1 aliphatic rings. The van der Waals surface area contributed by atoms with Crippen LogP contribution < -0.4 is 0 Å². The Morgan fingerprint density at radius 1 is 1.43 bits per heavy atom. The van der Waals surface area contributed by atoms with E-state index in [1.807, 2.05) is 0 Å². The minimum absolute atomic E-state index is 0.340. The molecule has 0 N–H and O–H groups in total. The van der Waals surface area contributed by atoms with Gasteiger partial charge in [0.05, 0.1) is 4.88 Å². The van der Waals surface area contributed by atoms with E-state index < -0.39 is 0 Å². The van der Waals surface area contributed by atoms with Crippen molar-refractivity contribution in [1.82, 2.24) is 0 Å². The second kappa shape index (κ2) is 4.26. The summed E-state index contributed by atoms with van der Waals surface area (Å²) in [5, 5.41) is 0. The van der Waals surface area contributed by atoms with Crippen molar-refractivity contribution in [1.29, 1.82) is 0 Å². The van der Waals surface area contributed by atoms with Crippen LogP contribution in [0.25, 0.3) is 0 Å². The lowest BCUT2D eigenvalue weighted by atomic mass is 9.99. The van der Waals surface area contributed by atoms with Crippen molar-refractivity contribution in [3.05, 3.63) is 21.4 Å². The standard InChI is InChI=1S/C12H16OS/c1-2-5-10(13)12-8-9-6-3-4-7-11(9)14-12/h8H,2-7H2,1H3. The second-order valence-corrected chi connectivity index (χ2v) is 5.08. The zero-order valence-electron chi connectivity index (χ0n) is 8.64. The number of ketones is 1. The van der Waals surface area contributed by atoms with Crippen LogP contribution in [0.2, 0.25) is 0 Å². The molecule has 1 aromatic rings. The first-order valence-electron chi connectivity index (χ1n) is 5.46. The first-order chi connectivity index (χ1) is 6.81. The summed E-state index contributed by atoms with van der Waals surface area (Å²) in [6.45, 7) is 2.06. The number of hydrogen-bond donors (Lipinski definition) is 0. The Labute approximate surface area is 89.1 Å². The summed E-state index contributed by atoms with van der Waals surface area (Å²) in [6, 6.07) is 2.14. The van der Waals surface area contributed by atoms with Gasteiger partial charge in [0.15, 0.2) is 5.78 Å². The molecule has 1 nitrogen and oxygen atoms in total. The van der Waals surface area contributed by atoms with Crippen LogP contribution in [0, 0.1) is 0 Å². The molecule has 0 aromatic carbocycles. The van der Waals surface area contributed by atoms with E-state index in [1.165, 1.54) is 36.1 Å². The third kappa shape index (κ3) is 1.90. The third-order valence-corrected chi connectivity index (χ3v) is 4.03. The minimum atomic E-state index is 0.340. The van der Waals surface area contributed by atoms with E-state index in [1.54, 1.807) is 11.3 Å². The van der Waals surface area contributed by atoms with E-state index in [9.17, 15) is 4.79 Å². The SMILES string of the molecule is CCCC(=O)c1cc2c(s1)CCCC2. The number of rotatable bonds is 3. The summed E-state index contributed by atoms with van der Waals surface area (Å²) >= 11 is 1.73. The smallest absolute Gasteiger partial charge is 0.172 e. The molecule has 0 amide bonds. The fraction of sp³-hybridized carbons (Fsp3) is 0.583. The summed E-state index contributed by atoms with van der Waals surface area (Å²) in [6.07, 6.45) is 6.64. The number of thiophene rings is 1. The van der Waals surface area contributed by atoms with E-state index in [4.69, 9.17) is 0 Å². The van der Waals surface area contributed by atoms with Gasteiger partial charge in [0.25, 0.3) is 0 Å². The number of aryl methyl sites for hydroxylation is 2.